The molecule has 0 unspecified atom stereocenters. The molecule has 5 nitrogen and oxygen atoms in total. The molecule has 2 N–H and O–H groups in total. The molecular formula is C20H19N5S. The number of anilines is 1. The van der Waals surface area contributed by atoms with E-state index in [9.17, 15) is 0 Å². The second-order valence-corrected chi connectivity index (χ2v) is 7.21. The molecule has 6 heteroatoms. The molecule has 0 saturated carbocycles. The third-order valence-electron chi connectivity index (χ3n) is 4.57. The number of rotatable bonds is 3. The molecule has 0 spiro atoms. The molecular weight excluding hydrogens is 342 g/mol. The van der Waals surface area contributed by atoms with Crippen LogP contribution in [0.2, 0.25) is 0 Å². The molecule has 2 aromatic heterocycles. The molecule has 26 heavy (non-hydrogen) atoms. The fourth-order valence-corrected chi connectivity index (χ4v) is 3.67. The zero-order chi connectivity index (χ0) is 18.3. The van der Waals surface area contributed by atoms with Crippen LogP contribution in [0, 0.1) is 20.8 Å². The van der Waals surface area contributed by atoms with E-state index in [-0.39, 0.29) is 0 Å². The number of nitrogens with zero attached hydrogens (tertiary/aromatic N) is 4. The molecule has 2 heterocycles. The number of aryl methyl sites for hydroxylation is 3. The van der Waals surface area contributed by atoms with Gasteiger partial charge < -0.3 is 5.73 Å². The zero-order valence-corrected chi connectivity index (χ0v) is 15.7. The molecule has 0 aliphatic carbocycles. The minimum atomic E-state index is 0.499. The number of thiazole rings is 1. The molecule has 0 saturated heterocycles. The number of hydrogen-bond donors (Lipinski definition) is 1. The monoisotopic (exact) mass is 361 g/mol. The Hall–Kier alpha value is -2.99. The molecule has 4 rings (SSSR count). The van der Waals surface area contributed by atoms with Crippen molar-refractivity contribution in [3.63, 3.8) is 0 Å². The average molecular weight is 361 g/mol. The maximum absolute atomic E-state index is 6.34. The lowest BCUT2D eigenvalue weighted by Gasteiger charge is -2.06. The van der Waals surface area contributed by atoms with Gasteiger partial charge in [-0.1, -0.05) is 35.5 Å². The summed E-state index contributed by atoms with van der Waals surface area (Å²) >= 11 is 1.53. The first-order chi connectivity index (χ1) is 12.5. The van der Waals surface area contributed by atoms with Crippen molar-refractivity contribution in [3.05, 3.63) is 64.5 Å². The Morgan fingerprint density at radius 1 is 0.962 bits per heavy atom. The SMILES string of the molecule is Cc1ccc(-n2nnc(-c3nc(-c4ccccc4C)cs3)c2N)cc1C. The fraction of sp³-hybridized carbons (Fsp3) is 0.150. The maximum atomic E-state index is 6.34. The van der Waals surface area contributed by atoms with Gasteiger partial charge in [0.25, 0.3) is 0 Å². The van der Waals surface area contributed by atoms with Gasteiger partial charge in [0, 0.05) is 10.9 Å². The molecule has 0 radical (unpaired) electrons. The van der Waals surface area contributed by atoms with Crippen molar-refractivity contribution >= 4 is 17.2 Å². The Kier molecular flexibility index (Phi) is 4.05. The maximum Gasteiger partial charge on any atom is 0.165 e. The highest BCUT2D eigenvalue weighted by Crippen LogP contribution is 2.32. The minimum absolute atomic E-state index is 0.499. The topological polar surface area (TPSA) is 69.6 Å². The van der Waals surface area contributed by atoms with Crippen LogP contribution in [0.5, 0.6) is 0 Å². The van der Waals surface area contributed by atoms with Gasteiger partial charge in [-0.25, -0.2) is 4.98 Å². The van der Waals surface area contributed by atoms with Crippen LogP contribution in [0.4, 0.5) is 5.82 Å². The standard InChI is InChI=1S/C20H19N5S/c1-12-8-9-15(10-14(12)3)25-19(21)18(23-24-25)20-22-17(11-26-20)16-7-5-4-6-13(16)2/h4-11H,21H2,1-3H3. The van der Waals surface area contributed by atoms with Gasteiger partial charge in [0.1, 0.15) is 5.01 Å². The van der Waals surface area contributed by atoms with Crippen molar-refractivity contribution in [2.45, 2.75) is 20.8 Å². The van der Waals surface area contributed by atoms with Crippen LogP contribution in [0.25, 0.3) is 27.6 Å². The minimum Gasteiger partial charge on any atom is -0.382 e. The van der Waals surface area contributed by atoms with Crippen LogP contribution in [-0.2, 0) is 0 Å². The Labute approximate surface area is 156 Å². The van der Waals surface area contributed by atoms with Crippen molar-refractivity contribution in [1.29, 1.82) is 0 Å². The van der Waals surface area contributed by atoms with Crippen LogP contribution in [0.1, 0.15) is 16.7 Å². The van der Waals surface area contributed by atoms with E-state index in [4.69, 9.17) is 10.7 Å². The molecule has 4 aromatic rings. The smallest absolute Gasteiger partial charge is 0.165 e. The van der Waals surface area contributed by atoms with Crippen LogP contribution in [0.15, 0.2) is 47.8 Å². The normalized spacial score (nSPS) is 11.0. The van der Waals surface area contributed by atoms with Crippen LogP contribution >= 0.6 is 11.3 Å². The lowest BCUT2D eigenvalue weighted by Crippen LogP contribution is -2.03. The first-order valence-corrected chi connectivity index (χ1v) is 9.23. The number of hydrogen-bond acceptors (Lipinski definition) is 5. The summed E-state index contributed by atoms with van der Waals surface area (Å²) in [6.45, 7) is 6.23. The van der Waals surface area contributed by atoms with Crippen molar-refractivity contribution in [2.24, 2.45) is 0 Å². The van der Waals surface area contributed by atoms with Gasteiger partial charge in [-0.05, 0) is 49.6 Å². The highest BCUT2D eigenvalue weighted by Gasteiger charge is 2.17. The van der Waals surface area contributed by atoms with E-state index in [1.54, 1.807) is 4.68 Å². The van der Waals surface area contributed by atoms with Gasteiger partial charge in [-0.2, -0.15) is 4.68 Å². The summed E-state index contributed by atoms with van der Waals surface area (Å²) in [5.74, 6) is 0.499. The van der Waals surface area contributed by atoms with Gasteiger partial charge in [0.05, 0.1) is 11.4 Å². The van der Waals surface area contributed by atoms with Crippen molar-refractivity contribution in [1.82, 2.24) is 20.0 Å². The summed E-state index contributed by atoms with van der Waals surface area (Å²) in [6, 6.07) is 14.3. The Morgan fingerprint density at radius 3 is 2.54 bits per heavy atom. The Morgan fingerprint density at radius 2 is 1.77 bits per heavy atom. The number of benzene rings is 2. The molecule has 0 atom stereocenters. The quantitative estimate of drug-likeness (QED) is 0.580. The highest BCUT2D eigenvalue weighted by atomic mass is 32.1. The van der Waals surface area contributed by atoms with E-state index >= 15 is 0 Å². The second kappa shape index (κ2) is 6.38. The van der Waals surface area contributed by atoms with Crippen LogP contribution in [0.3, 0.4) is 0 Å². The van der Waals surface area contributed by atoms with E-state index in [1.807, 2.05) is 23.6 Å². The number of nitrogen functional groups attached to an aromatic ring is 1. The van der Waals surface area contributed by atoms with Crippen molar-refractivity contribution in [2.75, 3.05) is 5.73 Å². The van der Waals surface area contributed by atoms with E-state index in [0.717, 1.165) is 22.0 Å². The first kappa shape index (κ1) is 16.5. The molecule has 2 aromatic carbocycles. The molecule has 130 valence electrons. The summed E-state index contributed by atoms with van der Waals surface area (Å²) in [7, 11) is 0. The molecule has 0 bridgehead atoms. The molecule has 0 amide bonds. The average Bonchev–Trinajstić information content (AvgIpc) is 3.24. The van der Waals surface area contributed by atoms with Gasteiger partial charge in [-0.15, -0.1) is 16.4 Å². The molecule has 0 aliphatic rings. The van der Waals surface area contributed by atoms with E-state index in [1.165, 1.54) is 28.0 Å². The van der Waals surface area contributed by atoms with Gasteiger partial charge in [0.15, 0.2) is 11.5 Å². The van der Waals surface area contributed by atoms with Crippen molar-refractivity contribution in [3.8, 4) is 27.6 Å². The zero-order valence-electron chi connectivity index (χ0n) is 14.9. The summed E-state index contributed by atoms with van der Waals surface area (Å²) in [5, 5.41) is 11.3. The fourth-order valence-electron chi connectivity index (χ4n) is 2.86. The molecule has 0 aliphatic heterocycles. The van der Waals surface area contributed by atoms with Gasteiger partial charge in [-0.3, -0.25) is 0 Å². The third kappa shape index (κ3) is 2.78. The predicted octanol–water partition coefficient (Wildman–Crippen LogP) is 4.57. The van der Waals surface area contributed by atoms with Crippen LogP contribution in [-0.4, -0.2) is 20.0 Å². The van der Waals surface area contributed by atoms with E-state index < -0.39 is 0 Å². The lowest BCUT2D eigenvalue weighted by molar-refractivity contribution is 0.809. The largest absolute Gasteiger partial charge is 0.382 e. The van der Waals surface area contributed by atoms with Crippen LogP contribution < -0.4 is 5.73 Å². The van der Waals surface area contributed by atoms with Gasteiger partial charge >= 0.3 is 0 Å². The Bertz CT molecular complexity index is 1090. The highest BCUT2D eigenvalue weighted by molar-refractivity contribution is 7.13. The molecule has 0 fully saturated rings. The summed E-state index contributed by atoms with van der Waals surface area (Å²) in [5.41, 5.74) is 13.5. The summed E-state index contributed by atoms with van der Waals surface area (Å²) in [4.78, 5) is 4.73. The number of nitrogens with two attached hydrogens (primary N) is 1. The Balaban J connectivity index is 1.73. The lowest BCUT2D eigenvalue weighted by atomic mass is 10.1. The summed E-state index contributed by atoms with van der Waals surface area (Å²) in [6.07, 6.45) is 0. The summed E-state index contributed by atoms with van der Waals surface area (Å²) < 4.78 is 1.66. The van der Waals surface area contributed by atoms with Gasteiger partial charge in [0.2, 0.25) is 0 Å². The van der Waals surface area contributed by atoms with E-state index in [2.05, 4.69) is 55.3 Å². The van der Waals surface area contributed by atoms with E-state index in [0.29, 0.717) is 11.5 Å². The predicted molar refractivity (Wildman–Crippen MR) is 107 cm³/mol. The van der Waals surface area contributed by atoms with Crippen molar-refractivity contribution < 1.29 is 0 Å². The third-order valence-corrected chi connectivity index (χ3v) is 5.42. The second-order valence-electron chi connectivity index (χ2n) is 6.36. The number of aromatic nitrogens is 4. The first-order valence-electron chi connectivity index (χ1n) is 8.35.